The Hall–Kier alpha value is -1.82. The third-order valence-corrected chi connectivity index (χ3v) is 4.52. The first kappa shape index (κ1) is 14.1. The molecule has 2 fully saturated rings. The Kier molecular flexibility index (Phi) is 3.96. The van der Waals surface area contributed by atoms with Crippen molar-refractivity contribution < 1.29 is 14.4 Å². The monoisotopic (exact) mass is 292 g/mol. The van der Waals surface area contributed by atoms with Crippen LogP contribution in [-0.2, 0) is 0 Å². The van der Waals surface area contributed by atoms with Crippen LogP contribution in [0.5, 0.6) is 11.5 Å². The van der Waals surface area contributed by atoms with Crippen LogP contribution < -0.4 is 9.47 Å². The molecule has 1 aromatic rings. The molecule has 2 atom stereocenters. The minimum Gasteiger partial charge on any atom is -0.496 e. The first-order valence-corrected chi connectivity index (χ1v) is 7.36. The smallest absolute Gasteiger partial charge is 0.314 e. The lowest BCUT2D eigenvalue weighted by molar-refractivity contribution is -0.385. The molecule has 3 rings (SSSR count). The summed E-state index contributed by atoms with van der Waals surface area (Å²) in [4.78, 5) is 13.1. The maximum absolute atomic E-state index is 11.1. The molecule has 0 unspecified atom stereocenters. The van der Waals surface area contributed by atoms with E-state index in [9.17, 15) is 10.1 Å². The fourth-order valence-corrected chi connectivity index (χ4v) is 3.46. The molecule has 0 spiro atoms. The Morgan fingerprint density at radius 1 is 1.43 bits per heavy atom. The Labute approximate surface area is 123 Å². The number of hydrogen-bond acceptors (Lipinski definition) is 5. The van der Waals surface area contributed by atoms with Crippen LogP contribution in [0.4, 0.5) is 5.69 Å². The number of hydrogen-bond donors (Lipinski definition) is 0. The number of likely N-dealkylation sites (tertiary alicyclic amines) is 1. The summed E-state index contributed by atoms with van der Waals surface area (Å²) in [6.45, 7) is 2.47. The summed E-state index contributed by atoms with van der Waals surface area (Å²) in [6, 6.07) is 5.38. The van der Waals surface area contributed by atoms with Gasteiger partial charge in [-0.1, -0.05) is 0 Å². The lowest BCUT2D eigenvalue weighted by Gasteiger charge is -2.26. The Morgan fingerprint density at radius 3 is 2.90 bits per heavy atom. The first-order valence-electron chi connectivity index (χ1n) is 7.36. The van der Waals surface area contributed by atoms with Crippen molar-refractivity contribution in [2.45, 2.75) is 25.3 Å². The molecule has 0 radical (unpaired) electrons. The molecule has 0 N–H and O–H groups in total. The van der Waals surface area contributed by atoms with E-state index in [-0.39, 0.29) is 5.69 Å². The number of nitro benzene ring substituents is 1. The fourth-order valence-electron chi connectivity index (χ4n) is 3.46. The highest BCUT2D eigenvalue weighted by Crippen LogP contribution is 2.37. The predicted octanol–water partition coefficient (Wildman–Crippen LogP) is 2.47. The van der Waals surface area contributed by atoms with Crippen molar-refractivity contribution in [2.75, 3.05) is 26.8 Å². The third kappa shape index (κ3) is 2.95. The second-order valence-electron chi connectivity index (χ2n) is 5.77. The second kappa shape index (κ2) is 5.89. The molecule has 114 valence electrons. The number of rotatable bonds is 6. The van der Waals surface area contributed by atoms with Crippen LogP contribution in [0.15, 0.2) is 18.2 Å². The zero-order chi connectivity index (χ0) is 14.8. The Morgan fingerprint density at radius 2 is 2.29 bits per heavy atom. The van der Waals surface area contributed by atoms with Gasteiger partial charge in [-0.25, -0.2) is 0 Å². The lowest BCUT2D eigenvalue weighted by atomic mass is 10.1. The highest BCUT2D eigenvalue weighted by molar-refractivity contribution is 5.50. The summed E-state index contributed by atoms with van der Waals surface area (Å²) >= 11 is 0. The van der Waals surface area contributed by atoms with Gasteiger partial charge in [-0.3, -0.25) is 15.0 Å². The molecule has 1 aromatic carbocycles. The molecular weight excluding hydrogens is 272 g/mol. The van der Waals surface area contributed by atoms with E-state index >= 15 is 0 Å². The van der Waals surface area contributed by atoms with Crippen LogP contribution in [0.1, 0.15) is 19.3 Å². The van der Waals surface area contributed by atoms with E-state index in [0.717, 1.165) is 19.0 Å². The van der Waals surface area contributed by atoms with E-state index in [2.05, 4.69) is 4.90 Å². The van der Waals surface area contributed by atoms with Gasteiger partial charge in [0.1, 0.15) is 12.4 Å². The lowest BCUT2D eigenvalue weighted by Crippen LogP contribution is -2.35. The maximum Gasteiger partial charge on any atom is 0.314 e. The van der Waals surface area contributed by atoms with Gasteiger partial charge in [0, 0.05) is 19.1 Å². The molecule has 21 heavy (non-hydrogen) atoms. The highest BCUT2D eigenvalue weighted by atomic mass is 16.6. The Balaban J connectivity index is 1.58. The summed E-state index contributed by atoms with van der Waals surface area (Å²) in [5, 5.41) is 11.1. The molecule has 1 aliphatic carbocycles. The van der Waals surface area contributed by atoms with Crippen LogP contribution in [-0.4, -0.2) is 42.7 Å². The zero-order valence-corrected chi connectivity index (χ0v) is 12.2. The number of methoxy groups -OCH3 is 1. The maximum atomic E-state index is 11.1. The number of benzene rings is 1. The van der Waals surface area contributed by atoms with E-state index in [1.54, 1.807) is 12.1 Å². The summed E-state index contributed by atoms with van der Waals surface area (Å²) in [6.07, 6.45) is 3.95. The molecule has 2 aliphatic rings. The van der Waals surface area contributed by atoms with Crippen LogP contribution in [0.25, 0.3) is 0 Å². The SMILES string of the molecule is COc1ccc(OCCN2C[C@H]3CC[C@H]2C3)c([N+](=O)[O-])c1. The number of ether oxygens (including phenoxy) is 2. The van der Waals surface area contributed by atoms with Gasteiger partial charge in [-0.15, -0.1) is 0 Å². The number of fused-ring (bicyclic) bond motifs is 2. The predicted molar refractivity (Wildman–Crippen MR) is 77.8 cm³/mol. The van der Waals surface area contributed by atoms with Crippen molar-refractivity contribution in [1.82, 2.24) is 4.90 Å². The topological polar surface area (TPSA) is 64.8 Å². The van der Waals surface area contributed by atoms with Gasteiger partial charge in [0.2, 0.25) is 0 Å². The second-order valence-corrected chi connectivity index (χ2v) is 5.77. The van der Waals surface area contributed by atoms with Crippen molar-refractivity contribution in [3.8, 4) is 11.5 Å². The molecule has 0 amide bonds. The quantitative estimate of drug-likeness (QED) is 0.595. The summed E-state index contributed by atoms with van der Waals surface area (Å²) in [5.74, 6) is 1.63. The van der Waals surface area contributed by atoms with E-state index in [0.29, 0.717) is 24.1 Å². The minimum absolute atomic E-state index is 0.0442. The molecule has 1 aliphatic heterocycles. The van der Waals surface area contributed by atoms with Gasteiger partial charge in [0.05, 0.1) is 18.1 Å². The van der Waals surface area contributed by atoms with Gasteiger partial charge in [0.15, 0.2) is 5.75 Å². The first-order chi connectivity index (χ1) is 10.2. The van der Waals surface area contributed by atoms with Crippen molar-refractivity contribution in [1.29, 1.82) is 0 Å². The van der Waals surface area contributed by atoms with E-state index in [1.165, 1.54) is 32.4 Å². The fraction of sp³-hybridized carbons (Fsp3) is 0.600. The van der Waals surface area contributed by atoms with Crippen molar-refractivity contribution in [3.05, 3.63) is 28.3 Å². The van der Waals surface area contributed by atoms with Crippen LogP contribution in [0, 0.1) is 16.0 Å². The molecule has 0 aromatic heterocycles. The van der Waals surface area contributed by atoms with Crippen LogP contribution in [0.3, 0.4) is 0 Å². The van der Waals surface area contributed by atoms with Crippen LogP contribution in [0.2, 0.25) is 0 Å². The Bertz CT molecular complexity index is 534. The summed E-state index contributed by atoms with van der Waals surface area (Å²) in [7, 11) is 1.49. The van der Waals surface area contributed by atoms with E-state index < -0.39 is 4.92 Å². The third-order valence-electron chi connectivity index (χ3n) is 4.52. The number of piperidine rings is 1. The molecule has 1 heterocycles. The van der Waals surface area contributed by atoms with E-state index in [4.69, 9.17) is 9.47 Å². The average Bonchev–Trinajstić information content (AvgIpc) is 3.10. The van der Waals surface area contributed by atoms with Gasteiger partial charge in [-0.05, 0) is 37.3 Å². The molecule has 1 saturated heterocycles. The number of nitro groups is 1. The van der Waals surface area contributed by atoms with Gasteiger partial charge in [0.25, 0.3) is 0 Å². The van der Waals surface area contributed by atoms with Gasteiger partial charge in [-0.2, -0.15) is 0 Å². The summed E-state index contributed by atoms with van der Waals surface area (Å²) in [5.41, 5.74) is -0.0442. The van der Waals surface area contributed by atoms with Crippen molar-refractivity contribution >= 4 is 5.69 Å². The molecule has 1 saturated carbocycles. The molecular formula is C15H20N2O4. The normalized spacial score (nSPS) is 24.2. The molecule has 6 nitrogen and oxygen atoms in total. The number of nitrogens with zero attached hydrogens (tertiary/aromatic N) is 2. The highest BCUT2D eigenvalue weighted by Gasteiger charge is 2.37. The zero-order valence-electron chi connectivity index (χ0n) is 12.2. The van der Waals surface area contributed by atoms with Gasteiger partial charge >= 0.3 is 5.69 Å². The molecule has 6 heteroatoms. The average molecular weight is 292 g/mol. The molecule has 2 bridgehead atoms. The largest absolute Gasteiger partial charge is 0.496 e. The van der Waals surface area contributed by atoms with Gasteiger partial charge < -0.3 is 9.47 Å². The van der Waals surface area contributed by atoms with Crippen molar-refractivity contribution in [3.63, 3.8) is 0 Å². The standard InChI is InChI=1S/C15H20N2O4/c1-20-13-4-5-15(14(9-13)17(18)19)21-7-6-16-10-11-2-3-12(16)8-11/h4-5,9,11-12H,2-3,6-8,10H2,1H3/t11-,12-/m0/s1. The van der Waals surface area contributed by atoms with Crippen molar-refractivity contribution in [2.24, 2.45) is 5.92 Å². The minimum atomic E-state index is -0.435. The van der Waals surface area contributed by atoms with E-state index in [1.807, 2.05) is 0 Å². The van der Waals surface area contributed by atoms with Crippen LogP contribution >= 0.6 is 0 Å². The summed E-state index contributed by atoms with van der Waals surface area (Å²) < 4.78 is 10.6.